The molecule has 0 aliphatic heterocycles. The fourth-order valence-electron chi connectivity index (χ4n) is 3.77. The van der Waals surface area contributed by atoms with Gasteiger partial charge >= 0.3 is 0 Å². The van der Waals surface area contributed by atoms with Gasteiger partial charge in [-0.1, -0.05) is 43.5 Å². The smallest absolute Gasteiger partial charge is 0.0913 e. The van der Waals surface area contributed by atoms with Crippen molar-refractivity contribution in [3.05, 3.63) is 35.4 Å². The van der Waals surface area contributed by atoms with Crippen molar-refractivity contribution in [1.29, 1.82) is 5.26 Å². The van der Waals surface area contributed by atoms with Crippen LogP contribution >= 0.6 is 0 Å². The van der Waals surface area contributed by atoms with Crippen molar-refractivity contribution >= 4 is 0 Å². The van der Waals surface area contributed by atoms with Crippen LogP contribution in [0.3, 0.4) is 0 Å². The molecule has 0 atom stereocenters. The van der Waals surface area contributed by atoms with Crippen LogP contribution in [-0.4, -0.2) is 10.7 Å². The van der Waals surface area contributed by atoms with E-state index in [9.17, 15) is 10.4 Å². The molecular formula is C16H19NO. The SMILES string of the molecule is N#CC1(C2(O)Cc3ccccc3C2)CCCCC1. The summed E-state index contributed by atoms with van der Waals surface area (Å²) < 4.78 is 0. The van der Waals surface area contributed by atoms with Crippen LogP contribution in [0.1, 0.15) is 43.2 Å². The second-order valence-electron chi connectivity index (χ2n) is 5.91. The highest BCUT2D eigenvalue weighted by molar-refractivity contribution is 5.38. The van der Waals surface area contributed by atoms with E-state index in [1.54, 1.807) is 0 Å². The molecule has 2 heteroatoms. The first kappa shape index (κ1) is 11.7. The molecule has 0 radical (unpaired) electrons. The van der Waals surface area contributed by atoms with Crippen molar-refractivity contribution in [3.8, 4) is 6.07 Å². The lowest BCUT2D eigenvalue weighted by atomic mass is 9.63. The summed E-state index contributed by atoms with van der Waals surface area (Å²) in [4.78, 5) is 0. The third-order valence-corrected chi connectivity index (χ3v) is 4.90. The first-order valence-electron chi connectivity index (χ1n) is 6.90. The van der Waals surface area contributed by atoms with Gasteiger partial charge in [-0.3, -0.25) is 0 Å². The van der Waals surface area contributed by atoms with Gasteiger partial charge in [0.05, 0.1) is 17.1 Å². The highest BCUT2D eigenvalue weighted by atomic mass is 16.3. The zero-order chi connectivity index (χ0) is 12.6. The van der Waals surface area contributed by atoms with Crippen molar-refractivity contribution in [3.63, 3.8) is 0 Å². The molecule has 2 aliphatic carbocycles. The van der Waals surface area contributed by atoms with Crippen LogP contribution in [0, 0.1) is 16.7 Å². The second kappa shape index (κ2) is 4.10. The molecule has 1 N–H and O–H groups in total. The third-order valence-electron chi connectivity index (χ3n) is 4.90. The number of rotatable bonds is 1. The number of hydrogen-bond acceptors (Lipinski definition) is 2. The molecule has 0 bridgehead atoms. The van der Waals surface area contributed by atoms with Gasteiger partial charge in [0.2, 0.25) is 0 Å². The topological polar surface area (TPSA) is 44.0 Å². The lowest BCUT2D eigenvalue weighted by molar-refractivity contribution is -0.0641. The molecule has 94 valence electrons. The van der Waals surface area contributed by atoms with Crippen molar-refractivity contribution in [2.24, 2.45) is 5.41 Å². The molecular weight excluding hydrogens is 222 g/mol. The Labute approximate surface area is 108 Å². The molecule has 0 amide bonds. The minimum Gasteiger partial charge on any atom is -0.388 e. The van der Waals surface area contributed by atoms with Gasteiger partial charge in [-0.05, 0) is 24.0 Å². The Hall–Kier alpha value is -1.33. The number of hydrogen-bond donors (Lipinski definition) is 1. The van der Waals surface area contributed by atoms with Gasteiger partial charge in [0.15, 0.2) is 0 Å². The van der Waals surface area contributed by atoms with Gasteiger partial charge < -0.3 is 5.11 Å². The van der Waals surface area contributed by atoms with Gasteiger partial charge in [-0.25, -0.2) is 0 Å². The highest BCUT2D eigenvalue weighted by Crippen LogP contribution is 2.50. The lowest BCUT2D eigenvalue weighted by Gasteiger charge is -2.42. The normalized spacial score (nSPS) is 24.2. The zero-order valence-corrected chi connectivity index (χ0v) is 10.7. The first-order chi connectivity index (χ1) is 8.69. The van der Waals surface area contributed by atoms with E-state index >= 15 is 0 Å². The van der Waals surface area contributed by atoms with E-state index in [-0.39, 0.29) is 0 Å². The maximum absolute atomic E-state index is 11.1. The maximum Gasteiger partial charge on any atom is 0.0913 e. The lowest BCUT2D eigenvalue weighted by Crippen LogP contribution is -2.49. The predicted octanol–water partition coefficient (Wildman–Crippen LogP) is 2.99. The Morgan fingerprint density at radius 2 is 1.56 bits per heavy atom. The largest absolute Gasteiger partial charge is 0.388 e. The molecule has 0 saturated heterocycles. The molecule has 0 unspecified atom stereocenters. The summed E-state index contributed by atoms with van der Waals surface area (Å²) in [5.41, 5.74) is 1.08. The zero-order valence-electron chi connectivity index (χ0n) is 10.7. The fraction of sp³-hybridized carbons (Fsp3) is 0.562. The third kappa shape index (κ3) is 1.58. The minimum absolute atomic E-state index is 0.524. The number of nitrogens with zero attached hydrogens (tertiary/aromatic N) is 1. The number of nitriles is 1. The van der Waals surface area contributed by atoms with E-state index in [0.717, 1.165) is 25.7 Å². The van der Waals surface area contributed by atoms with Crippen molar-refractivity contribution < 1.29 is 5.11 Å². The van der Waals surface area contributed by atoms with Crippen LogP contribution in [-0.2, 0) is 12.8 Å². The predicted molar refractivity (Wildman–Crippen MR) is 69.9 cm³/mol. The van der Waals surface area contributed by atoms with Gasteiger partial charge in [0.1, 0.15) is 0 Å². The van der Waals surface area contributed by atoms with Gasteiger partial charge in [0, 0.05) is 12.8 Å². The van der Waals surface area contributed by atoms with Gasteiger partial charge in [0.25, 0.3) is 0 Å². The Morgan fingerprint density at radius 1 is 1.00 bits per heavy atom. The average Bonchev–Trinajstić information content (AvgIpc) is 2.77. The maximum atomic E-state index is 11.1. The summed E-state index contributed by atoms with van der Waals surface area (Å²) in [6.45, 7) is 0. The standard InChI is InChI=1S/C16H19NO/c17-12-15(8-4-1-5-9-15)16(18)10-13-6-2-3-7-14(13)11-16/h2-3,6-7,18H,1,4-5,8-11H2. The molecule has 2 aliphatic rings. The molecule has 0 aromatic heterocycles. The van der Waals surface area contributed by atoms with Gasteiger partial charge in [-0.15, -0.1) is 0 Å². The molecule has 1 aromatic carbocycles. The first-order valence-corrected chi connectivity index (χ1v) is 6.90. The Balaban J connectivity index is 1.95. The van der Waals surface area contributed by atoms with E-state index < -0.39 is 11.0 Å². The highest BCUT2D eigenvalue weighted by Gasteiger charge is 2.53. The summed E-state index contributed by atoms with van der Waals surface area (Å²) in [5.74, 6) is 0. The van der Waals surface area contributed by atoms with Crippen LogP contribution in [0.5, 0.6) is 0 Å². The average molecular weight is 241 g/mol. The monoisotopic (exact) mass is 241 g/mol. The van der Waals surface area contributed by atoms with Crippen LogP contribution in [0.15, 0.2) is 24.3 Å². The van der Waals surface area contributed by atoms with Crippen LogP contribution < -0.4 is 0 Å². The molecule has 2 nitrogen and oxygen atoms in total. The Bertz CT molecular complexity index is 469. The number of benzene rings is 1. The van der Waals surface area contributed by atoms with Gasteiger partial charge in [-0.2, -0.15) is 5.26 Å². The van der Waals surface area contributed by atoms with E-state index in [1.807, 2.05) is 12.1 Å². The van der Waals surface area contributed by atoms with Crippen LogP contribution in [0.25, 0.3) is 0 Å². The molecule has 1 fully saturated rings. The summed E-state index contributed by atoms with van der Waals surface area (Å²) >= 11 is 0. The molecule has 0 spiro atoms. The summed E-state index contributed by atoms with van der Waals surface area (Å²) in [6, 6.07) is 10.7. The van der Waals surface area contributed by atoms with Crippen LogP contribution in [0.4, 0.5) is 0 Å². The Kier molecular flexibility index (Phi) is 2.68. The molecule has 1 aromatic rings. The van der Waals surface area contributed by atoms with E-state index in [0.29, 0.717) is 12.8 Å². The van der Waals surface area contributed by atoms with Crippen molar-refractivity contribution in [2.75, 3.05) is 0 Å². The van der Waals surface area contributed by atoms with Crippen LogP contribution in [0.2, 0.25) is 0 Å². The minimum atomic E-state index is -0.841. The van der Waals surface area contributed by atoms with E-state index in [2.05, 4.69) is 18.2 Å². The molecule has 18 heavy (non-hydrogen) atoms. The second-order valence-corrected chi connectivity index (χ2v) is 5.91. The van der Waals surface area contributed by atoms with Crippen molar-refractivity contribution in [2.45, 2.75) is 50.5 Å². The molecule has 3 rings (SSSR count). The molecule has 0 heterocycles. The number of aliphatic hydroxyl groups is 1. The summed E-state index contributed by atoms with van der Waals surface area (Å²) in [5, 5.41) is 20.7. The molecule has 1 saturated carbocycles. The van der Waals surface area contributed by atoms with E-state index in [4.69, 9.17) is 0 Å². The fourth-order valence-corrected chi connectivity index (χ4v) is 3.77. The Morgan fingerprint density at radius 3 is 2.06 bits per heavy atom. The number of fused-ring (bicyclic) bond motifs is 1. The van der Waals surface area contributed by atoms with E-state index in [1.165, 1.54) is 17.5 Å². The quantitative estimate of drug-likeness (QED) is 0.821. The summed E-state index contributed by atoms with van der Waals surface area (Å²) in [6.07, 6.45) is 6.36. The summed E-state index contributed by atoms with van der Waals surface area (Å²) in [7, 11) is 0. The van der Waals surface area contributed by atoms with Crippen molar-refractivity contribution in [1.82, 2.24) is 0 Å².